The zero-order valence-corrected chi connectivity index (χ0v) is 12.7. The minimum Gasteiger partial charge on any atom is -0.465 e. The van der Waals surface area contributed by atoms with Gasteiger partial charge in [0.15, 0.2) is 0 Å². The fourth-order valence-corrected chi connectivity index (χ4v) is 2.54. The van der Waals surface area contributed by atoms with Crippen LogP contribution in [0.1, 0.15) is 26.7 Å². The summed E-state index contributed by atoms with van der Waals surface area (Å²) in [5.41, 5.74) is -0.548. The van der Waals surface area contributed by atoms with Gasteiger partial charge in [-0.05, 0) is 39.3 Å². The Morgan fingerprint density at radius 3 is 2.58 bits per heavy atom. The Morgan fingerprint density at radius 1 is 1.42 bits per heavy atom. The summed E-state index contributed by atoms with van der Waals surface area (Å²) in [6.45, 7) is 7.26. The maximum absolute atomic E-state index is 12.4. The summed E-state index contributed by atoms with van der Waals surface area (Å²) in [6, 6.07) is 0. The van der Waals surface area contributed by atoms with Gasteiger partial charge in [-0.15, -0.1) is 0 Å². The number of carbonyl (C=O) groups excluding carboxylic acids is 1. The van der Waals surface area contributed by atoms with Gasteiger partial charge in [-0.25, -0.2) is 4.79 Å². The van der Waals surface area contributed by atoms with Gasteiger partial charge in [0, 0.05) is 20.2 Å². The predicted octanol–water partition coefficient (Wildman–Crippen LogP) is 0.886. The highest BCUT2D eigenvalue weighted by molar-refractivity contribution is 5.82. The predicted molar refractivity (Wildman–Crippen MR) is 75.1 cm³/mol. The fourth-order valence-electron chi connectivity index (χ4n) is 2.54. The Morgan fingerprint density at radius 2 is 2.11 bits per heavy atom. The number of hydrogen-bond donors (Lipinski definition) is 1. The van der Waals surface area contributed by atoms with Gasteiger partial charge in [0.2, 0.25) is 0 Å². The standard InChI is InChI=1S/C14H28N2O3/c1-5-15-14(12-7-8-12,13(17)19-6-2)11-16(3)9-10-18-4/h12,15H,5-11H2,1-4H3. The van der Waals surface area contributed by atoms with Crippen molar-refractivity contribution in [2.45, 2.75) is 32.2 Å². The summed E-state index contributed by atoms with van der Waals surface area (Å²) in [7, 11) is 3.71. The number of nitrogens with zero attached hydrogens (tertiary/aromatic N) is 1. The van der Waals surface area contributed by atoms with Gasteiger partial charge in [0.1, 0.15) is 5.54 Å². The van der Waals surface area contributed by atoms with Crippen molar-refractivity contribution < 1.29 is 14.3 Å². The molecule has 0 heterocycles. The Labute approximate surface area is 116 Å². The largest absolute Gasteiger partial charge is 0.465 e. The number of methoxy groups -OCH3 is 1. The second kappa shape index (κ2) is 7.82. The van der Waals surface area contributed by atoms with Crippen molar-refractivity contribution in [3.8, 4) is 0 Å². The molecule has 0 aromatic rings. The highest BCUT2D eigenvalue weighted by Crippen LogP contribution is 2.41. The monoisotopic (exact) mass is 272 g/mol. The SMILES string of the molecule is CCNC(CN(C)CCOC)(C(=O)OCC)C1CC1. The van der Waals surface area contributed by atoms with Crippen molar-refractivity contribution in [2.24, 2.45) is 5.92 Å². The van der Waals surface area contributed by atoms with Gasteiger partial charge in [-0.3, -0.25) is 0 Å². The Bertz CT molecular complexity index is 282. The smallest absolute Gasteiger partial charge is 0.327 e. The summed E-state index contributed by atoms with van der Waals surface area (Å²) in [5.74, 6) is 0.292. The van der Waals surface area contributed by atoms with E-state index in [0.29, 0.717) is 25.7 Å². The van der Waals surface area contributed by atoms with Gasteiger partial charge in [0.05, 0.1) is 13.2 Å². The number of carbonyl (C=O) groups is 1. The zero-order chi connectivity index (χ0) is 14.3. The second-order valence-corrected chi connectivity index (χ2v) is 5.23. The van der Waals surface area contributed by atoms with Crippen LogP contribution in [0.5, 0.6) is 0 Å². The lowest BCUT2D eigenvalue weighted by Gasteiger charge is -2.36. The van der Waals surface area contributed by atoms with E-state index >= 15 is 0 Å². The first kappa shape index (κ1) is 16.4. The van der Waals surface area contributed by atoms with E-state index in [0.717, 1.165) is 25.9 Å². The molecule has 1 unspecified atom stereocenters. The topological polar surface area (TPSA) is 50.8 Å². The summed E-state index contributed by atoms with van der Waals surface area (Å²) < 4.78 is 10.4. The molecule has 0 aromatic carbocycles. The van der Waals surface area contributed by atoms with Gasteiger partial charge in [-0.1, -0.05) is 6.92 Å². The summed E-state index contributed by atoms with van der Waals surface area (Å²) in [4.78, 5) is 14.5. The van der Waals surface area contributed by atoms with Crippen molar-refractivity contribution in [1.29, 1.82) is 0 Å². The molecule has 1 atom stereocenters. The Hall–Kier alpha value is -0.650. The van der Waals surface area contributed by atoms with E-state index in [4.69, 9.17) is 9.47 Å². The molecule has 1 aliphatic rings. The van der Waals surface area contributed by atoms with Crippen molar-refractivity contribution in [3.05, 3.63) is 0 Å². The first-order valence-corrected chi connectivity index (χ1v) is 7.20. The van der Waals surface area contributed by atoms with Gasteiger partial charge >= 0.3 is 5.97 Å². The molecule has 0 bridgehead atoms. The Kier molecular flexibility index (Phi) is 6.75. The summed E-state index contributed by atoms with van der Waals surface area (Å²) >= 11 is 0. The molecule has 0 radical (unpaired) electrons. The molecular weight excluding hydrogens is 244 g/mol. The van der Waals surface area contributed by atoms with Crippen molar-refractivity contribution in [3.63, 3.8) is 0 Å². The van der Waals surface area contributed by atoms with E-state index in [-0.39, 0.29) is 5.97 Å². The third-order valence-corrected chi connectivity index (χ3v) is 3.60. The van der Waals surface area contributed by atoms with Crippen LogP contribution in [0.25, 0.3) is 0 Å². The second-order valence-electron chi connectivity index (χ2n) is 5.23. The number of ether oxygens (including phenoxy) is 2. The molecule has 5 nitrogen and oxygen atoms in total. The van der Waals surface area contributed by atoms with E-state index in [9.17, 15) is 4.79 Å². The lowest BCUT2D eigenvalue weighted by atomic mass is 9.92. The number of rotatable bonds is 10. The zero-order valence-electron chi connectivity index (χ0n) is 12.7. The fraction of sp³-hybridized carbons (Fsp3) is 0.929. The highest BCUT2D eigenvalue weighted by atomic mass is 16.5. The van der Waals surface area contributed by atoms with Crippen LogP contribution in [-0.4, -0.2) is 63.4 Å². The van der Waals surface area contributed by atoms with E-state index < -0.39 is 5.54 Å². The molecule has 0 aromatic heterocycles. The van der Waals surface area contributed by atoms with Crippen LogP contribution in [0.4, 0.5) is 0 Å². The lowest BCUT2D eigenvalue weighted by Crippen LogP contribution is -2.61. The average molecular weight is 272 g/mol. The van der Waals surface area contributed by atoms with E-state index in [1.807, 2.05) is 20.9 Å². The molecule has 0 aliphatic heterocycles. The number of nitrogens with one attached hydrogen (secondary N) is 1. The minimum absolute atomic E-state index is 0.108. The molecule has 1 fully saturated rings. The normalized spacial score (nSPS) is 18.4. The van der Waals surface area contributed by atoms with Crippen LogP contribution >= 0.6 is 0 Å². The number of likely N-dealkylation sites (N-methyl/N-ethyl adjacent to an activating group) is 2. The van der Waals surface area contributed by atoms with Crippen molar-refractivity contribution in [1.82, 2.24) is 10.2 Å². The molecule has 0 saturated heterocycles. The maximum Gasteiger partial charge on any atom is 0.327 e. The van der Waals surface area contributed by atoms with Gasteiger partial charge < -0.3 is 19.7 Å². The van der Waals surface area contributed by atoms with Gasteiger partial charge in [-0.2, -0.15) is 0 Å². The Balaban J connectivity index is 2.74. The van der Waals surface area contributed by atoms with E-state index in [2.05, 4.69) is 10.2 Å². The summed E-state index contributed by atoms with van der Waals surface area (Å²) in [6.07, 6.45) is 2.20. The third kappa shape index (κ3) is 4.44. The van der Waals surface area contributed by atoms with E-state index in [1.54, 1.807) is 7.11 Å². The van der Waals surface area contributed by atoms with E-state index in [1.165, 1.54) is 0 Å². The first-order chi connectivity index (χ1) is 9.10. The lowest BCUT2D eigenvalue weighted by molar-refractivity contribution is -0.153. The van der Waals surface area contributed by atoms with Crippen LogP contribution in [0.2, 0.25) is 0 Å². The molecule has 1 rings (SSSR count). The van der Waals surface area contributed by atoms with Crippen LogP contribution < -0.4 is 5.32 Å². The summed E-state index contributed by atoms with van der Waals surface area (Å²) in [5, 5.41) is 3.39. The van der Waals surface area contributed by atoms with Crippen molar-refractivity contribution in [2.75, 3.05) is 47.0 Å². The molecule has 0 spiro atoms. The molecule has 0 amide bonds. The first-order valence-electron chi connectivity index (χ1n) is 7.20. The van der Waals surface area contributed by atoms with Crippen LogP contribution in [0.15, 0.2) is 0 Å². The van der Waals surface area contributed by atoms with Crippen LogP contribution in [0.3, 0.4) is 0 Å². The average Bonchev–Trinajstić information content (AvgIpc) is 3.20. The molecule has 19 heavy (non-hydrogen) atoms. The van der Waals surface area contributed by atoms with Crippen LogP contribution in [0, 0.1) is 5.92 Å². The third-order valence-electron chi connectivity index (χ3n) is 3.60. The molecule has 112 valence electrons. The highest BCUT2D eigenvalue weighted by Gasteiger charge is 2.52. The molecule has 1 aliphatic carbocycles. The minimum atomic E-state index is -0.548. The molecule has 1 N–H and O–H groups in total. The molecule has 1 saturated carbocycles. The molecular formula is C14H28N2O3. The number of esters is 1. The quantitative estimate of drug-likeness (QED) is 0.599. The maximum atomic E-state index is 12.4. The van der Waals surface area contributed by atoms with Gasteiger partial charge in [0.25, 0.3) is 0 Å². The van der Waals surface area contributed by atoms with Crippen LogP contribution in [-0.2, 0) is 14.3 Å². The molecule has 5 heteroatoms. The number of hydrogen-bond acceptors (Lipinski definition) is 5. The van der Waals surface area contributed by atoms with Crippen molar-refractivity contribution >= 4 is 5.97 Å².